The molecule has 1 aromatic carbocycles. The molecular formula is C14H13ClO4S. The second kappa shape index (κ2) is 5.42. The largest absolute Gasteiger partial charge is 0.468 e. The first-order chi connectivity index (χ1) is 9.40. The van der Waals surface area contributed by atoms with Gasteiger partial charge in [-0.3, -0.25) is 0 Å². The van der Waals surface area contributed by atoms with Crippen molar-refractivity contribution < 1.29 is 17.9 Å². The maximum Gasteiger partial charge on any atom is 0.332 e. The molecule has 0 amide bonds. The highest BCUT2D eigenvalue weighted by molar-refractivity contribution is 8.15. The minimum absolute atomic E-state index is 0.0494. The van der Waals surface area contributed by atoms with Crippen LogP contribution in [0, 0.1) is 0 Å². The molecule has 1 unspecified atom stereocenters. The van der Waals surface area contributed by atoms with E-state index in [2.05, 4.69) is 4.74 Å². The van der Waals surface area contributed by atoms with Crippen LogP contribution in [-0.4, -0.2) is 26.2 Å². The van der Waals surface area contributed by atoms with Crippen molar-refractivity contribution in [2.75, 3.05) is 7.11 Å². The third kappa shape index (κ3) is 2.51. The summed E-state index contributed by atoms with van der Waals surface area (Å²) in [5.41, 5.74) is 1.78. The minimum atomic E-state index is -4.14. The molecule has 0 bridgehead atoms. The molecule has 0 fully saturated rings. The topological polar surface area (TPSA) is 60.4 Å². The molecule has 0 aromatic heterocycles. The van der Waals surface area contributed by atoms with E-state index in [4.69, 9.17) is 10.7 Å². The summed E-state index contributed by atoms with van der Waals surface area (Å²) in [4.78, 5) is 11.8. The third-order valence-corrected chi connectivity index (χ3v) is 5.40. The first-order valence-corrected chi connectivity index (χ1v) is 8.19. The Morgan fingerprint density at radius 3 is 2.40 bits per heavy atom. The number of allylic oxidation sites excluding steroid dienone is 3. The zero-order chi connectivity index (χ0) is 14.8. The maximum atomic E-state index is 11.8. The predicted octanol–water partition coefficient (Wildman–Crippen LogP) is 2.51. The molecule has 0 heterocycles. The number of hydrogen-bond acceptors (Lipinski definition) is 4. The van der Waals surface area contributed by atoms with Crippen molar-refractivity contribution in [3.8, 4) is 0 Å². The molecule has 0 aliphatic heterocycles. The third-order valence-electron chi connectivity index (χ3n) is 3.23. The highest BCUT2D eigenvalue weighted by atomic mass is 35.7. The highest BCUT2D eigenvalue weighted by Crippen LogP contribution is 2.35. The number of methoxy groups -OCH3 is 1. The van der Waals surface area contributed by atoms with Crippen molar-refractivity contribution >= 4 is 31.3 Å². The van der Waals surface area contributed by atoms with Gasteiger partial charge in [0.2, 0.25) is 4.75 Å². The van der Waals surface area contributed by atoms with Crippen LogP contribution in [0.4, 0.5) is 0 Å². The summed E-state index contributed by atoms with van der Waals surface area (Å²) in [7, 11) is 2.42. The van der Waals surface area contributed by atoms with Gasteiger partial charge in [-0.15, -0.1) is 0 Å². The molecule has 0 spiro atoms. The molecule has 0 radical (unpaired) electrons. The number of carbonyl (C=O) groups is 1. The molecule has 1 atom stereocenters. The fourth-order valence-corrected chi connectivity index (χ4v) is 3.40. The van der Waals surface area contributed by atoms with Crippen LogP contribution in [0.3, 0.4) is 0 Å². The summed E-state index contributed by atoms with van der Waals surface area (Å²) >= 11 is 0. The van der Waals surface area contributed by atoms with E-state index in [9.17, 15) is 13.2 Å². The Morgan fingerprint density at radius 1 is 1.30 bits per heavy atom. The van der Waals surface area contributed by atoms with Crippen molar-refractivity contribution in [1.29, 1.82) is 0 Å². The van der Waals surface area contributed by atoms with Gasteiger partial charge < -0.3 is 4.74 Å². The summed E-state index contributed by atoms with van der Waals surface area (Å²) in [6, 6.07) is 9.44. The van der Waals surface area contributed by atoms with Gasteiger partial charge >= 0.3 is 5.97 Å². The van der Waals surface area contributed by atoms with Gasteiger partial charge in [0, 0.05) is 17.1 Å². The summed E-state index contributed by atoms with van der Waals surface area (Å²) in [5, 5.41) is 0. The quantitative estimate of drug-likeness (QED) is 0.635. The van der Waals surface area contributed by atoms with Crippen molar-refractivity contribution in [3.63, 3.8) is 0 Å². The Bertz CT molecular complexity index is 676. The molecule has 1 aromatic rings. The fourth-order valence-electron chi connectivity index (χ4n) is 2.07. The van der Waals surface area contributed by atoms with Gasteiger partial charge in [0.1, 0.15) is 0 Å². The van der Waals surface area contributed by atoms with Crippen LogP contribution in [0.1, 0.15) is 12.0 Å². The second-order valence-electron chi connectivity index (χ2n) is 4.38. The molecule has 1 aliphatic rings. The molecule has 0 saturated carbocycles. The number of rotatable bonds is 3. The Hall–Kier alpha value is -1.59. The monoisotopic (exact) mass is 312 g/mol. The standard InChI is InChI=1S/C14H13ClO4S/c1-19-13(16)14(20(15,17)18)9-7-12(8-10-14)11-5-3-2-4-6-11/h2-9H,10H2,1H3. The summed E-state index contributed by atoms with van der Waals surface area (Å²) in [6.45, 7) is 0. The number of hydrogen-bond donors (Lipinski definition) is 0. The van der Waals surface area contributed by atoms with E-state index in [-0.39, 0.29) is 6.42 Å². The Kier molecular flexibility index (Phi) is 4.01. The maximum absolute atomic E-state index is 11.8. The van der Waals surface area contributed by atoms with E-state index in [0.717, 1.165) is 18.2 Å². The molecule has 20 heavy (non-hydrogen) atoms. The van der Waals surface area contributed by atoms with E-state index >= 15 is 0 Å². The number of halogens is 1. The average Bonchev–Trinajstić information content (AvgIpc) is 2.46. The Morgan fingerprint density at radius 2 is 1.95 bits per heavy atom. The second-order valence-corrected chi connectivity index (χ2v) is 7.20. The molecule has 6 heteroatoms. The predicted molar refractivity (Wildman–Crippen MR) is 77.7 cm³/mol. The van der Waals surface area contributed by atoms with Crippen LogP contribution in [0.15, 0.2) is 48.6 Å². The van der Waals surface area contributed by atoms with Gasteiger partial charge in [-0.1, -0.05) is 48.6 Å². The number of esters is 1. The number of ether oxygens (including phenoxy) is 1. The average molecular weight is 313 g/mol. The van der Waals surface area contributed by atoms with E-state index in [1.165, 1.54) is 6.08 Å². The van der Waals surface area contributed by atoms with Crippen LogP contribution in [-0.2, 0) is 18.6 Å². The normalized spacial score (nSPS) is 22.2. The van der Waals surface area contributed by atoms with Gasteiger partial charge in [-0.05, 0) is 11.1 Å². The zero-order valence-corrected chi connectivity index (χ0v) is 12.3. The van der Waals surface area contributed by atoms with Crippen molar-refractivity contribution in [1.82, 2.24) is 0 Å². The highest BCUT2D eigenvalue weighted by Gasteiger charge is 2.49. The van der Waals surface area contributed by atoms with Crippen LogP contribution in [0.2, 0.25) is 0 Å². The van der Waals surface area contributed by atoms with Crippen LogP contribution >= 0.6 is 10.7 Å². The summed E-state index contributed by atoms with van der Waals surface area (Å²) < 4.78 is 26.2. The fraction of sp³-hybridized carbons (Fsp3) is 0.214. The van der Waals surface area contributed by atoms with Crippen LogP contribution < -0.4 is 0 Å². The van der Waals surface area contributed by atoms with Crippen LogP contribution in [0.5, 0.6) is 0 Å². The molecule has 4 nitrogen and oxygen atoms in total. The molecule has 0 N–H and O–H groups in total. The molecule has 106 valence electrons. The molecule has 0 saturated heterocycles. The van der Waals surface area contributed by atoms with Crippen LogP contribution in [0.25, 0.3) is 5.57 Å². The van der Waals surface area contributed by atoms with Crippen molar-refractivity contribution in [2.24, 2.45) is 0 Å². The van der Waals surface area contributed by atoms with Gasteiger partial charge in [-0.2, -0.15) is 0 Å². The Labute approximate surface area is 122 Å². The number of benzene rings is 1. The lowest BCUT2D eigenvalue weighted by molar-refractivity contribution is -0.142. The van der Waals surface area contributed by atoms with Gasteiger partial charge in [0.15, 0.2) is 0 Å². The van der Waals surface area contributed by atoms with E-state index in [1.807, 2.05) is 30.3 Å². The Balaban J connectivity index is 2.40. The zero-order valence-electron chi connectivity index (χ0n) is 10.7. The van der Waals surface area contributed by atoms with E-state index in [0.29, 0.717) is 0 Å². The number of carbonyl (C=O) groups excluding carboxylic acids is 1. The van der Waals surface area contributed by atoms with Gasteiger partial charge in [0.05, 0.1) is 7.11 Å². The van der Waals surface area contributed by atoms with E-state index < -0.39 is 19.8 Å². The van der Waals surface area contributed by atoms with Crippen molar-refractivity contribution in [3.05, 3.63) is 54.1 Å². The molecule has 1 aliphatic carbocycles. The smallest absolute Gasteiger partial charge is 0.332 e. The van der Waals surface area contributed by atoms with Gasteiger partial charge in [0.25, 0.3) is 9.05 Å². The van der Waals surface area contributed by atoms with Crippen molar-refractivity contribution in [2.45, 2.75) is 11.2 Å². The SMILES string of the molecule is COC(=O)C1(S(=O)(=O)Cl)C=CC(c2ccccc2)=CC1. The first kappa shape index (κ1) is 14.8. The minimum Gasteiger partial charge on any atom is -0.468 e. The summed E-state index contributed by atoms with van der Waals surface area (Å²) in [5.74, 6) is -0.882. The lowest BCUT2D eigenvalue weighted by atomic mass is 9.92. The first-order valence-electron chi connectivity index (χ1n) is 5.88. The lowest BCUT2D eigenvalue weighted by Gasteiger charge is -2.26. The molecular weight excluding hydrogens is 300 g/mol. The van der Waals surface area contributed by atoms with E-state index in [1.54, 1.807) is 12.2 Å². The summed E-state index contributed by atoms with van der Waals surface area (Å²) in [6.07, 6.45) is 4.50. The van der Waals surface area contributed by atoms with Gasteiger partial charge in [-0.25, -0.2) is 13.2 Å². The lowest BCUT2D eigenvalue weighted by Crippen LogP contribution is -2.43. The molecule has 2 rings (SSSR count).